The molecule has 3 aliphatic rings. The average molecular weight is 507 g/mol. The molecular formula is C24H42O11. The van der Waals surface area contributed by atoms with Crippen LogP contribution in [0.5, 0.6) is 0 Å². The predicted molar refractivity (Wildman–Crippen MR) is 122 cm³/mol. The van der Waals surface area contributed by atoms with Crippen LogP contribution in [0, 0.1) is 5.41 Å². The van der Waals surface area contributed by atoms with Crippen LogP contribution in [-0.4, -0.2) is 116 Å². The maximum Gasteiger partial charge on any atom is 0.186 e. The van der Waals surface area contributed by atoms with Crippen LogP contribution in [0.2, 0.25) is 0 Å². The third-order valence-electron chi connectivity index (χ3n) is 7.94. The zero-order valence-corrected chi connectivity index (χ0v) is 20.9. The lowest BCUT2D eigenvalue weighted by Gasteiger charge is -2.47. The summed E-state index contributed by atoms with van der Waals surface area (Å²) in [5, 5.41) is 71.9. The van der Waals surface area contributed by atoms with E-state index in [1.165, 1.54) is 0 Å². The van der Waals surface area contributed by atoms with Crippen molar-refractivity contribution in [3.05, 3.63) is 11.6 Å². The molecule has 0 amide bonds. The molecule has 0 radical (unpaired) electrons. The molecule has 2 saturated heterocycles. The summed E-state index contributed by atoms with van der Waals surface area (Å²) in [6.07, 6.45) is -5.53. The predicted octanol–water partition coefficient (Wildman–Crippen LogP) is -1.07. The molecule has 10 atom stereocenters. The van der Waals surface area contributed by atoms with Crippen molar-refractivity contribution in [1.29, 1.82) is 0 Å². The highest BCUT2D eigenvalue weighted by molar-refractivity contribution is 5.22. The van der Waals surface area contributed by atoms with Crippen LogP contribution in [0.25, 0.3) is 0 Å². The molecule has 35 heavy (non-hydrogen) atoms. The van der Waals surface area contributed by atoms with Crippen molar-refractivity contribution in [1.82, 2.24) is 0 Å². The van der Waals surface area contributed by atoms with E-state index in [0.29, 0.717) is 12.8 Å². The van der Waals surface area contributed by atoms with E-state index in [2.05, 4.69) is 6.08 Å². The molecule has 0 aromatic rings. The van der Waals surface area contributed by atoms with Crippen LogP contribution in [0.15, 0.2) is 11.6 Å². The molecule has 0 aromatic carbocycles. The van der Waals surface area contributed by atoms with Gasteiger partial charge in [0.05, 0.1) is 31.5 Å². The van der Waals surface area contributed by atoms with E-state index in [1.54, 1.807) is 6.92 Å². The first-order valence-electron chi connectivity index (χ1n) is 12.2. The van der Waals surface area contributed by atoms with E-state index in [9.17, 15) is 35.7 Å². The fourth-order valence-electron chi connectivity index (χ4n) is 5.09. The topological polar surface area (TPSA) is 179 Å². The zero-order valence-electron chi connectivity index (χ0n) is 20.9. The fraction of sp³-hybridized carbons (Fsp3) is 0.917. The fourth-order valence-corrected chi connectivity index (χ4v) is 5.09. The van der Waals surface area contributed by atoms with Gasteiger partial charge in [-0.2, -0.15) is 0 Å². The molecule has 2 aliphatic heterocycles. The van der Waals surface area contributed by atoms with Gasteiger partial charge in [0.1, 0.15) is 36.1 Å². The van der Waals surface area contributed by atoms with Gasteiger partial charge in [-0.05, 0) is 50.5 Å². The lowest BCUT2D eigenvalue weighted by Crippen LogP contribution is -2.60. The smallest absolute Gasteiger partial charge is 0.186 e. The highest BCUT2D eigenvalue weighted by Gasteiger charge is 2.50. The van der Waals surface area contributed by atoms with E-state index in [1.807, 2.05) is 20.8 Å². The summed E-state index contributed by atoms with van der Waals surface area (Å²) in [5.74, 6) is 0. The first kappa shape index (κ1) is 28.9. The lowest BCUT2D eigenvalue weighted by molar-refractivity contribution is -0.318. The number of allylic oxidation sites excluding steroid dienone is 1. The Bertz CT molecular complexity index is 745. The van der Waals surface area contributed by atoms with Gasteiger partial charge in [-0.3, -0.25) is 0 Å². The maximum absolute atomic E-state index is 11.4. The standard InChI is InChI=1S/C24H42O11/c1-13-6-5-8-22(3,4)24(13,31)9-7-14(2)34-20-18(28)17(27)16(26)15(35-20)10-32-21-19(29)23(30,11-25)12-33-21/h6,14-21,25-31H,5,7-12H2,1-4H3/t14?,15-,16-,17+,18-,19+,20-,21-,23-,24-/m1/s1. The molecule has 0 saturated carbocycles. The van der Waals surface area contributed by atoms with E-state index in [0.717, 1.165) is 18.4 Å². The highest BCUT2D eigenvalue weighted by Crippen LogP contribution is 2.47. The molecule has 0 spiro atoms. The first-order chi connectivity index (χ1) is 16.3. The van der Waals surface area contributed by atoms with Gasteiger partial charge in [0, 0.05) is 0 Å². The summed E-state index contributed by atoms with van der Waals surface area (Å²) in [7, 11) is 0. The van der Waals surface area contributed by atoms with Crippen molar-refractivity contribution in [2.75, 3.05) is 19.8 Å². The summed E-state index contributed by atoms with van der Waals surface area (Å²) in [6, 6.07) is 0. The lowest BCUT2D eigenvalue weighted by atomic mass is 9.63. The Hall–Kier alpha value is -0.700. The third kappa shape index (κ3) is 5.75. The summed E-state index contributed by atoms with van der Waals surface area (Å²) < 4.78 is 22.1. The van der Waals surface area contributed by atoms with Gasteiger partial charge in [-0.1, -0.05) is 19.9 Å². The molecule has 7 N–H and O–H groups in total. The van der Waals surface area contributed by atoms with Crippen LogP contribution >= 0.6 is 0 Å². The molecule has 2 fully saturated rings. The maximum atomic E-state index is 11.4. The van der Waals surface area contributed by atoms with Crippen LogP contribution in [0.3, 0.4) is 0 Å². The molecule has 1 aliphatic carbocycles. The molecule has 2 heterocycles. The minimum absolute atomic E-state index is 0.301. The molecule has 0 bridgehead atoms. The molecule has 1 unspecified atom stereocenters. The van der Waals surface area contributed by atoms with E-state index in [-0.39, 0.29) is 18.6 Å². The molecule has 11 nitrogen and oxygen atoms in total. The minimum Gasteiger partial charge on any atom is -0.393 e. The van der Waals surface area contributed by atoms with Crippen molar-refractivity contribution in [2.24, 2.45) is 5.41 Å². The van der Waals surface area contributed by atoms with Gasteiger partial charge in [0.15, 0.2) is 12.6 Å². The second kappa shape index (κ2) is 11.0. The van der Waals surface area contributed by atoms with Crippen molar-refractivity contribution < 1.29 is 54.7 Å². The SMILES string of the molecule is CC1=CCCC(C)(C)[C@@]1(O)CCC(C)O[C@@H]1O[C@H](CO[C@@H]2OC[C@](O)(CO)[C@H]2O)[C@@H](O)[C@H](O)[C@H]1O. The quantitative estimate of drug-likeness (QED) is 0.189. The average Bonchev–Trinajstić information content (AvgIpc) is 3.10. The van der Waals surface area contributed by atoms with Crippen LogP contribution in [0.1, 0.15) is 53.4 Å². The summed E-state index contributed by atoms with van der Waals surface area (Å²) in [6.45, 7) is 6.36. The largest absolute Gasteiger partial charge is 0.393 e. The van der Waals surface area contributed by atoms with Crippen molar-refractivity contribution >= 4 is 0 Å². The van der Waals surface area contributed by atoms with E-state index in [4.69, 9.17) is 18.9 Å². The third-order valence-corrected chi connectivity index (χ3v) is 7.94. The highest BCUT2D eigenvalue weighted by atomic mass is 16.7. The van der Waals surface area contributed by atoms with Crippen LogP contribution < -0.4 is 0 Å². The number of hydrogen-bond acceptors (Lipinski definition) is 11. The van der Waals surface area contributed by atoms with Gasteiger partial charge < -0.3 is 54.7 Å². The Kier molecular flexibility index (Phi) is 9.04. The number of rotatable bonds is 9. The van der Waals surface area contributed by atoms with Crippen molar-refractivity contribution in [2.45, 2.75) is 114 Å². The first-order valence-corrected chi connectivity index (χ1v) is 12.2. The molecule has 3 rings (SSSR count). The second-order valence-electron chi connectivity index (χ2n) is 10.9. The number of aliphatic hydroxyl groups is 7. The number of aliphatic hydroxyl groups excluding tert-OH is 5. The van der Waals surface area contributed by atoms with Gasteiger partial charge in [0.2, 0.25) is 0 Å². The van der Waals surface area contributed by atoms with Crippen molar-refractivity contribution in [3.8, 4) is 0 Å². The van der Waals surface area contributed by atoms with Gasteiger partial charge >= 0.3 is 0 Å². The molecule has 11 heteroatoms. The normalized spacial score (nSPS) is 44.8. The van der Waals surface area contributed by atoms with Crippen LogP contribution in [-0.2, 0) is 18.9 Å². The molecule has 0 aromatic heterocycles. The van der Waals surface area contributed by atoms with E-state index < -0.39 is 67.0 Å². The van der Waals surface area contributed by atoms with Crippen molar-refractivity contribution in [3.63, 3.8) is 0 Å². The Morgan fingerprint density at radius 2 is 1.77 bits per heavy atom. The Balaban J connectivity index is 1.57. The van der Waals surface area contributed by atoms with Gasteiger partial charge in [0.25, 0.3) is 0 Å². The Labute approximate surface area is 205 Å². The summed E-state index contributed by atoms with van der Waals surface area (Å²) >= 11 is 0. The Morgan fingerprint density at radius 1 is 1.09 bits per heavy atom. The monoisotopic (exact) mass is 506 g/mol. The number of ether oxygens (including phenoxy) is 4. The second-order valence-corrected chi connectivity index (χ2v) is 10.9. The van der Waals surface area contributed by atoms with Gasteiger partial charge in [-0.15, -0.1) is 0 Å². The molecular weight excluding hydrogens is 464 g/mol. The summed E-state index contributed by atoms with van der Waals surface area (Å²) in [4.78, 5) is 0. The Morgan fingerprint density at radius 3 is 2.37 bits per heavy atom. The van der Waals surface area contributed by atoms with Crippen LogP contribution in [0.4, 0.5) is 0 Å². The summed E-state index contributed by atoms with van der Waals surface area (Å²) in [5.41, 5.74) is -2.22. The minimum atomic E-state index is -1.86. The van der Waals surface area contributed by atoms with Gasteiger partial charge in [-0.25, -0.2) is 0 Å². The molecule has 204 valence electrons. The zero-order chi connectivity index (χ0) is 26.2. The van der Waals surface area contributed by atoms with E-state index >= 15 is 0 Å². The number of hydrogen-bond donors (Lipinski definition) is 7.